The van der Waals surface area contributed by atoms with Crippen molar-refractivity contribution in [2.75, 3.05) is 0 Å². The maximum absolute atomic E-state index is 9.00. The zero-order valence-electron chi connectivity index (χ0n) is 8.88. The summed E-state index contributed by atoms with van der Waals surface area (Å²) >= 11 is 0. The number of hydrogen-bond acceptors (Lipinski definition) is 1. The van der Waals surface area contributed by atoms with E-state index in [2.05, 4.69) is 0 Å². The molecule has 0 spiro atoms. The van der Waals surface area contributed by atoms with Gasteiger partial charge in [-0.3, -0.25) is 4.79 Å². The van der Waals surface area contributed by atoms with Crippen molar-refractivity contribution in [2.24, 2.45) is 0 Å². The number of halogens is 2. The van der Waals surface area contributed by atoms with E-state index in [1.165, 1.54) is 0 Å². The van der Waals surface area contributed by atoms with Crippen molar-refractivity contribution in [3.8, 4) is 0 Å². The Morgan fingerprint density at radius 2 is 0.632 bits per heavy atom. The van der Waals surface area contributed by atoms with Crippen LogP contribution in [-0.4, -0.2) is 139 Å². The number of carbonyl (C=O) groups is 1. The Labute approximate surface area is 174 Å². The molecule has 0 fully saturated rings. The Kier molecular flexibility index (Phi) is 4850. The molecule has 134 valence electrons. The Hall–Kier alpha value is 2.10. The van der Waals surface area contributed by atoms with E-state index >= 15 is 0 Å². The van der Waals surface area contributed by atoms with Crippen molar-refractivity contribution in [2.45, 2.75) is 6.92 Å². The fourth-order valence-corrected chi connectivity index (χ4v) is 0. The fraction of sp³-hybridized carbons (Fsp3) is 0.500. The Bertz CT molecular complexity index is 54.7. The number of rotatable bonds is 0. The summed E-state index contributed by atoms with van der Waals surface area (Å²) in [6.45, 7) is 1.08. The molecule has 0 amide bonds. The molecular weight excluding hydrogens is 543 g/mol. The molecule has 2 radical (unpaired) electrons. The van der Waals surface area contributed by atoms with Gasteiger partial charge in [0.2, 0.25) is 0 Å². The molecule has 0 aliphatic heterocycles. The molecule has 19 heavy (non-hydrogen) atoms. The monoisotopic (exact) mass is 574 g/mol. The number of carboxylic acids is 1. The number of carboxylic acid groups (broad SMARTS) is 1. The van der Waals surface area contributed by atoms with Gasteiger partial charge in [-0.15, -0.1) is 24.8 Å². The van der Waals surface area contributed by atoms with Gasteiger partial charge in [0.1, 0.15) is 0 Å². The molecule has 0 bridgehead atoms. The molecule has 0 aliphatic rings. The third-order valence-corrected chi connectivity index (χ3v) is 0. The van der Waals surface area contributed by atoms with E-state index in [0.29, 0.717) is 0 Å². The number of hydrogen-bond donors (Lipinski definition) is 1. The van der Waals surface area contributed by atoms with Crippen LogP contribution in [0.25, 0.3) is 0 Å². The molecule has 0 heterocycles. The fourth-order valence-electron chi connectivity index (χ4n) is 0. The zero-order valence-corrected chi connectivity index (χ0v) is 16.0. The van der Waals surface area contributed by atoms with E-state index in [1.54, 1.807) is 0 Å². The SMILES string of the molecule is CC(=O)O.Cl.Cl.O.O.O.O.O.O.O.O.O.O.[MgH2].[MgH2].[PbH2]. The van der Waals surface area contributed by atoms with Crippen molar-refractivity contribution in [3.05, 3.63) is 0 Å². The second kappa shape index (κ2) is 282. The predicted octanol–water partition coefficient (Wildman–Crippen LogP) is -10.1. The third-order valence-electron chi connectivity index (χ3n) is 0. The Morgan fingerprint density at radius 1 is 0.632 bits per heavy atom. The zero-order chi connectivity index (χ0) is 3.58. The molecule has 0 saturated carbocycles. The second-order valence-electron chi connectivity index (χ2n) is 0.519. The Balaban J connectivity index is -0.000000000429. The van der Waals surface area contributed by atoms with E-state index in [1.807, 2.05) is 0 Å². The van der Waals surface area contributed by atoms with Crippen molar-refractivity contribution < 1.29 is 64.7 Å². The molecule has 21 N–H and O–H groups in total. The molecule has 0 aliphatic carbocycles. The van der Waals surface area contributed by atoms with Crippen LogP contribution in [0.15, 0.2) is 0 Å². The topological polar surface area (TPSA) is 352 Å². The van der Waals surface area contributed by atoms with E-state index in [9.17, 15) is 0 Å². The van der Waals surface area contributed by atoms with Gasteiger partial charge < -0.3 is 59.9 Å². The van der Waals surface area contributed by atoms with Crippen LogP contribution in [0.5, 0.6) is 0 Å². The maximum atomic E-state index is 9.00. The molecule has 0 unspecified atom stereocenters. The van der Waals surface area contributed by atoms with Crippen LogP contribution in [0.1, 0.15) is 6.92 Å². The third kappa shape index (κ3) is 1490. The van der Waals surface area contributed by atoms with Gasteiger partial charge in [-0.05, 0) is 0 Å². The Morgan fingerprint density at radius 3 is 0.632 bits per heavy atom. The molecule has 0 atom stereocenters. The van der Waals surface area contributed by atoms with Crippen molar-refractivity contribution in [1.82, 2.24) is 0 Å². The van der Waals surface area contributed by atoms with Gasteiger partial charge in [0.05, 0.1) is 0 Å². The van der Waals surface area contributed by atoms with Crippen LogP contribution < -0.4 is 0 Å². The summed E-state index contributed by atoms with van der Waals surface area (Å²) in [5.74, 6) is -0.833. The molecule has 0 saturated heterocycles. The van der Waals surface area contributed by atoms with Crippen LogP contribution in [0.2, 0.25) is 0 Å². The van der Waals surface area contributed by atoms with Crippen LogP contribution in [0.4, 0.5) is 0 Å². The van der Waals surface area contributed by atoms with Crippen LogP contribution in [0.3, 0.4) is 0 Å². The summed E-state index contributed by atoms with van der Waals surface area (Å²) in [6, 6.07) is 0. The molecular formula is C2H32Cl2Mg2O12Pb. The summed E-state index contributed by atoms with van der Waals surface area (Å²) in [4.78, 5) is 9.00. The van der Waals surface area contributed by atoms with Gasteiger partial charge >= 0.3 is 73.4 Å². The molecule has 0 rings (SSSR count). The minimum absolute atomic E-state index is 0. The summed E-state index contributed by atoms with van der Waals surface area (Å²) in [7, 11) is 0. The first-order valence-corrected chi connectivity index (χ1v) is 0.928. The second-order valence-corrected chi connectivity index (χ2v) is 0.519. The van der Waals surface area contributed by atoms with E-state index < -0.39 is 5.97 Å². The predicted molar refractivity (Wildman–Crippen MR) is 89.6 cm³/mol. The normalized spacial score (nSPS) is 1.32. The summed E-state index contributed by atoms with van der Waals surface area (Å²) in [6.07, 6.45) is 0. The van der Waals surface area contributed by atoms with Crippen LogP contribution in [-0.2, 0) is 4.79 Å². The first kappa shape index (κ1) is 327. The average molecular weight is 575 g/mol. The van der Waals surface area contributed by atoms with E-state index in [0.717, 1.165) is 6.92 Å². The van der Waals surface area contributed by atoms with Crippen molar-refractivity contribution in [3.63, 3.8) is 0 Å². The molecule has 0 aromatic carbocycles. The first-order chi connectivity index (χ1) is 1.73. The standard InChI is InChI=1S/C2H4O2.2ClH.2Mg.10H2O.Pb.6H/c1-2(3)4;;;;;;;;;;;;;;;;;;;;;/h1H3,(H,3,4);2*1H;;;10*1H2;;;;;;;. The molecule has 12 nitrogen and oxygen atoms in total. The van der Waals surface area contributed by atoms with E-state index in [4.69, 9.17) is 9.90 Å². The minimum atomic E-state index is -0.833. The van der Waals surface area contributed by atoms with Crippen LogP contribution >= 0.6 is 24.8 Å². The summed E-state index contributed by atoms with van der Waals surface area (Å²) < 4.78 is 0. The molecule has 0 aromatic rings. The molecule has 0 aromatic heterocycles. The van der Waals surface area contributed by atoms with Crippen molar-refractivity contribution in [1.29, 1.82) is 0 Å². The molecule has 17 heteroatoms. The van der Waals surface area contributed by atoms with Gasteiger partial charge in [0.25, 0.3) is 5.97 Å². The summed E-state index contributed by atoms with van der Waals surface area (Å²) in [5, 5.41) is 7.42. The first-order valence-electron chi connectivity index (χ1n) is 0.928. The van der Waals surface area contributed by atoms with Crippen molar-refractivity contribution >= 4 is 104 Å². The quantitative estimate of drug-likeness (QED) is 0.275. The average Bonchev–Trinajstić information content (AvgIpc) is 0.811. The van der Waals surface area contributed by atoms with Gasteiger partial charge in [0.15, 0.2) is 0 Å². The van der Waals surface area contributed by atoms with Gasteiger partial charge in [-0.2, -0.15) is 0 Å². The van der Waals surface area contributed by atoms with Crippen LogP contribution in [0, 0.1) is 0 Å². The van der Waals surface area contributed by atoms with E-state index in [-0.39, 0.29) is 153 Å². The van der Waals surface area contributed by atoms with Gasteiger partial charge in [-0.1, -0.05) is 0 Å². The summed E-state index contributed by atoms with van der Waals surface area (Å²) in [5.41, 5.74) is 0. The number of aliphatic carboxylic acids is 1. The van der Waals surface area contributed by atoms with Gasteiger partial charge in [-0.25, -0.2) is 0 Å². The van der Waals surface area contributed by atoms with Gasteiger partial charge in [0, 0.05) is 6.92 Å².